The topological polar surface area (TPSA) is 29.1 Å². The molecule has 7 heteroatoms. The van der Waals surface area contributed by atoms with Gasteiger partial charge in [-0.1, -0.05) is 46.9 Å². The average molecular weight is 379 g/mol. The Hall–Kier alpha value is -1.36. The van der Waals surface area contributed by atoms with E-state index in [2.05, 4.69) is 5.32 Å². The van der Waals surface area contributed by atoms with Crippen molar-refractivity contribution < 1.29 is 13.6 Å². The van der Waals surface area contributed by atoms with Gasteiger partial charge in [-0.2, -0.15) is 8.78 Å². The standard InChI is InChI=1S/C16H12Cl3F2NO/c1-9(22-15(23)11-4-2-3-5-13(11)18)16(20,21)12-7-6-10(17)8-14(12)19/h2-9H,1H3,(H,22,23)/t9-/m1/s1. The second-order valence-corrected chi connectivity index (χ2v) is 6.17. The van der Waals surface area contributed by atoms with Gasteiger partial charge in [-0.3, -0.25) is 4.79 Å². The number of carbonyl (C=O) groups is 1. The summed E-state index contributed by atoms with van der Waals surface area (Å²) in [5.41, 5.74) is -0.283. The molecule has 0 bridgehead atoms. The van der Waals surface area contributed by atoms with Gasteiger partial charge in [0.2, 0.25) is 0 Å². The first-order valence-electron chi connectivity index (χ1n) is 6.62. The van der Waals surface area contributed by atoms with Crippen molar-refractivity contribution in [2.24, 2.45) is 0 Å². The van der Waals surface area contributed by atoms with E-state index in [9.17, 15) is 13.6 Å². The number of halogens is 5. The summed E-state index contributed by atoms with van der Waals surface area (Å²) < 4.78 is 29.1. The molecule has 1 atom stereocenters. The van der Waals surface area contributed by atoms with E-state index in [0.29, 0.717) is 0 Å². The van der Waals surface area contributed by atoms with Crippen molar-refractivity contribution in [2.45, 2.75) is 18.9 Å². The summed E-state index contributed by atoms with van der Waals surface area (Å²) >= 11 is 17.4. The van der Waals surface area contributed by atoms with Crippen molar-refractivity contribution in [3.63, 3.8) is 0 Å². The van der Waals surface area contributed by atoms with Gasteiger partial charge < -0.3 is 5.32 Å². The number of nitrogens with one attached hydrogen (secondary N) is 1. The summed E-state index contributed by atoms with van der Waals surface area (Å²) in [6.07, 6.45) is 0. The fourth-order valence-corrected chi connectivity index (χ4v) is 2.76. The number of benzene rings is 2. The Morgan fingerprint density at radius 3 is 2.35 bits per heavy atom. The van der Waals surface area contributed by atoms with E-state index in [0.717, 1.165) is 6.07 Å². The molecule has 0 saturated carbocycles. The molecule has 2 aromatic carbocycles. The molecule has 0 fully saturated rings. The molecule has 0 aliphatic heterocycles. The molecule has 0 radical (unpaired) electrons. The molecule has 0 saturated heterocycles. The molecule has 1 N–H and O–H groups in total. The van der Waals surface area contributed by atoms with Gasteiger partial charge in [0.25, 0.3) is 11.8 Å². The first kappa shape index (κ1) is 18.0. The van der Waals surface area contributed by atoms with Crippen LogP contribution in [0.3, 0.4) is 0 Å². The highest BCUT2D eigenvalue weighted by Crippen LogP contribution is 2.37. The van der Waals surface area contributed by atoms with Crippen molar-refractivity contribution >= 4 is 40.7 Å². The monoisotopic (exact) mass is 377 g/mol. The quantitative estimate of drug-likeness (QED) is 0.742. The predicted octanol–water partition coefficient (Wildman–Crippen LogP) is 5.56. The summed E-state index contributed by atoms with van der Waals surface area (Å²) in [7, 11) is 0. The van der Waals surface area contributed by atoms with Crippen molar-refractivity contribution in [1.82, 2.24) is 5.32 Å². The van der Waals surface area contributed by atoms with Gasteiger partial charge in [-0.15, -0.1) is 0 Å². The Morgan fingerprint density at radius 2 is 1.74 bits per heavy atom. The van der Waals surface area contributed by atoms with E-state index in [1.807, 2.05) is 0 Å². The first-order chi connectivity index (χ1) is 10.7. The van der Waals surface area contributed by atoms with E-state index >= 15 is 0 Å². The molecule has 2 rings (SSSR count). The Morgan fingerprint density at radius 1 is 1.09 bits per heavy atom. The lowest BCUT2D eigenvalue weighted by atomic mass is 10.0. The lowest BCUT2D eigenvalue weighted by Gasteiger charge is -2.26. The maximum absolute atomic E-state index is 14.5. The number of amides is 1. The maximum Gasteiger partial charge on any atom is 0.294 e. The molecule has 0 heterocycles. The number of alkyl halides is 2. The molecule has 2 aromatic rings. The number of carbonyl (C=O) groups excluding carboxylic acids is 1. The van der Waals surface area contributed by atoms with Gasteiger partial charge in [0, 0.05) is 10.6 Å². The SMILES string of the molecule is C[C@@H](NC(=O)c1ccccc1Cl)C(F)(F)c1ccc(Cl)cc1Cl. The molecule has 122 valence electrons. The molecule has 0 aromatic heterocycles. The molecule has 1 amide bonds. The fourth-order valence-electron chi connectivity index (χ4n) is 2.00. The zero-order valence-electron chi connectivity index (χ0n) is 11.9. The highest BCUT2D eigenvalue weighted by molar-refractivity contribution is 6.35. The van der Waals surface area contributed by atoms with Gasteiger partial charge in [-0.25, -0.2) is 0 Å². The molecule has 0 aliphatic rings. The second kappa shape index (κ2) is 7.04. The van der Waals surface area contributed by atoms with Crippen LogP contribution in [0.4, 0.5) is 8.78 Å². The molecule has 0 unspecified atom stereocenters. The molecule has 0 spiro atoms. The van der Waals surface area contributed by atoms with Crippen LogP contribution in [0.2, 0.25) is 15.1 Å². The minimum atomic E-state index is -3.38. The Labute approximate surface area is 147 Å². The highest BCUT2D eigenvalue weighted by atomic mass is 35.5. The average Bonchev–Trinajstić information content (AvgIpc) is 2.47. The summed E-state index contributed by atoms with van der Waals surface area (Å²) in [4.78, 5) is 12.1. The van der Waals surface area contributed by atoms with E-state index in [1.54, 1.807) is 12.1 Å². The largest absolute Gasteiger partial charge is 0.343 e. The van der Waals surface area contributed by atoms with Gasteiger partial charge in [0.05, 0.1) is 21.7 Å². The summed E-state index contributed by atoms with van der Waals surface area (Å²) in [6.45, 7) is 1.19. The highest BCUT2D eigenvalue weighted by Gasteiger charge is 2.41. The third-order valence-electron chi connectivity index (χ3n) is 3.30. The van der Waals surface area contributed by atoms with Crippen molar-refractivity contribution in [2.75, 3.05) is 0 Å². The lowest BCUT2D eigenvalue weighted by molar-refractivity contribution is -0.0355. The van der Waals surface area contributed by atoms with E-state index < -0.39 is 23.4 Å². The molecular weight excluding hydrogens is 367 g/mol. The minimum absolute atomic E-state index is 0.124. The zero-order chi connectivity index (χ0) is 17.2. The van der Waals surface area contributed by atoms with E-state index in [1.165, 1.54) is 31.2 Å². The number of hydrogen-bond acceptors (Lipinski definition) is 1. The van der Waals surface area contributed by atoms with Crippen LogP contribution in [0.5, 0.6) is 0 Å². The normalized spacial score (nSPS) is 12.8. The molecule has 2 nitrogen and oxygen atoms in total. The van der Waals surface area contributed by atoms with Crippen LogP contribution >= 0.6 is 34.8 Å². The van der Waals surface area contributed by atoms with Gasteiger partial charge >= 0.3 is 0 Å². The van der Waals surface area contributed by atoms with Crippen molar-refractivity contribution in [3.05, 3.63) is 68.7 Å². The Kier molecular flexibility index (Phi) is 5.50. The van der Waals surface area contributed by atoms with Crippen LogP contribution in [-0.2, 0) is 5.92 Å². The summed E-state index contributed by atoms with van der Waals surface area (Å²) in [5.74, 6) is -4.06. The molecular formula is C16H12Cl3F2NO. The van der Waals surface area contributed by atoms with Crippen LogP contribution in [-0.4, -0.2) is 11.9 Å². The van der Waals surface area contributed by atoms with Crippen LogP contribution in [0, 0.1) is 0 Å². The molecule has 0 aliphatic carbocycles. The Balaban J connectivity index is 2.23. The van der Waals surface area contributed by atoms with Crippen LogP contribution in [0.1, 0.15) is 22.8 Å². The third-order valence-corrected chi connectivity index (χ3v) is 4.18. The smallest absolute Gasteiger partial charge is 0.294 e. The summed E-state index contributed by atoms with van der Waals surface area (Å²) in [5, 5.41) is 2.52. The molecule has 23 heavy (non-hydrogen) atoms. The minimum Gasteiger partial charge on any atom is -0.343 e. The van der Waals surface area contributed by atoms with Crippen molar-refractivity contribution in [3.8, 4) is 0 Å². The second-order valence-electron chi connectivity index (χ2n) is 4.92. The van der Waals surface area contributed by atoms with E-state index in [4.69, 9.17) is 34.8 Å². The van der Waals surface area contributed by atoms with Crippen molar-refractivity contribution in [1.29, 1.82) is 0 Å². The first-order valence-corrected chi connectivity index (χ1v) is 7.75. The van der Waals surface area contributed by atoms with Crippen LogP contribution < -0.4 is 5.32 Å². The van der Waals surface area contributed by atoms with Gasteiger partial charge in [0.15, 0.2) is 0 Å². The number of rotatable bonds is 4. The maximum atomic E-state index is 14.5. The Bertz CT molecular complexity index is 737. The third kappa shape index (κ3) is 3.94. The predicted molar refractivity (Wildman–Crippen MR) is 88.7 cm³/mol. The van der Waals surface area contributed by atoms with Crippen LogP contribution in [0.15, 0.2) is 42.5 Å². The lowest BCUT2D eigenvalue weighted by Crippen LogP contribution is -2.44. The van der Waals surface area contributed by atoms with Gasteiger partial charge in [0.1, 0.15) is 0 Å². The van der Waals surface area contributed by atoms with E-state index in [-0.39, 0.29) is 20.6 Å². The zero-order valence-corrected chi connectivity index (χ0v) is 14.2. The number of hydrogen-bond donors (Lipinski definition) is 1. The summed E-state index contributed by atoms with van der Waals surface area (Å²) in [6, 6.07) is 8.40. The van der Waals surface area contributed by atoms with Crippen LogP contribution in [0.25, 0.3) is 0 Å². The van der Waals surface area contributed by atoms with Gasteiger partial charge in [-0.05, 0) is 37.3 Å². The fraction of sp³-hybridized carbons (Fsp3) is 0.188.